The van der Waals surface area contributed by atoms with Crippen molar-refractivity contribution in [3.05, 3.63) is 105 Å². The molecule has 0 spiro atoms. The molecule has 1 aliphatic rings. The van der Waals surface area contributed by atoms with Crippen LogP contribution in [0.4, 0.5) is 20.6 Å². The van der Waals surface area contributed by atoms with E-state index >= 15 is 0 Å². The number of barbiturate groups is 1. The first-order valence-electron chi connectivity index (χ1n) is 9.95. The van der Waals surface area contributed by atoms with E-state index in [1.807, 2.05) is 0 Å². The Morgan fingerprint density at radius 3 is 2.38 bits per heavy atom. The largest absolute Gasteiger partial charge is 0.489 e. The zero-order valence-corrected chi connectivity index (χ0v) is 17.4. The minimum absolute atomic E-state index is 0.0420. The van der Waals surface area contributed by atoms with Gasteiger partial charge in [-0.1, -0.05) is 30.3 Å². The predicted molar refractivity (Wildman–Crippen MR) is 119 cm³/mol. The summed E-state index contributed by atoms with van der Waals surface area (Å²) in [6.45, 7) is 0.224. The van der Waals surface area contributed by atoms with Crippen LogP contribution in [0.15, 0.2) is 78.4 Å². The standard InChI is InChI=1S/C24H16FN3O6/c25-17-8-4-16(5-9-17)14-34-20-10-6-15(7-11-20)12-21-22(29)26-24(31)27(23(21)30)18-2-1-3-19(13-18)28(32)33/h1-13H,14H2,(H,26,29,31)/b21-12+. The maximum Gasteiger partial charge on any atom is 0.335 e. The van der Waals surface area contributed by atoms with Gasteiger partial charge < -0.3 is 4.74 Å². The summed E-state index contributed by atoms with van der Waals surface area (Å²) in [7, 11) is 0. The maximum absolute atomic E-state index is 13.0. The number of benzene rings is 3. The van der Waals surface area contributed by atoms with E-state index in [9.17, 15) is 28.9 Å². The highest BCUT2D eigenvalue weighted by molar-refractivity contribution is 6.39. The number of imide groups is 2. The Hall–Kier alpha value is -4.86. The average Bonchev–Trinajstić information content (AvgIpc) is 2.82. The summed E-state index contributed by atoms with van der Waals surface area (Å²) in [5, 5.41) is 13.1. The van der Waals surface area contributed by atoms with Crippen molar-refractivity contribution in [2.45, 2.75) is 6.61 Å². The van der Waals surface area contributed by atoms with Crippen molar-refractivity contribution >= 4 is 35.3 Å². The molecule has 9 nitrogen and oxygen atoms in total. The zero-order chi connectivity index (χ0) is 24.2. The fourth-order valence-corrected chi connectivity index (χ4v) is 3.21. The van der Waals surface area contributed by atoms with Crippen molar-refractivity contribution in [3.63, 3.8) is 0 Å². The van der Waals surface area contributed by atoms with Crippen molar-refractivity contribution in [1.29, 1.82) is 0 Å². The fraction of sp³-hybridized carbons (Fsp3) is 0.0417. The van der Waals surface area contributed by atoms with E-state index in [1.54, 1.807) is 36.4 Å². The van der Waals surface area contributed by atoms with E-state index in [4.69, 9.17) is 4.74 Å². The Morgan fingerprint density at radius 1 is 1.00 bits per heavy atom. The van der Waals surface area contributed by atoms with E-state index in [0.29, 0.717) is 16.2 Å². The van der Waals surface area contributed by atoms with Crippen LogP contribution in [0.5, 0.6) is 5.75 Å². The summed E-state index contributed by atoms with van der Waals surface area (Å²) in [6, 6.07) is 16.3. The quantitative estimate of drug-likeness (QED) is 0.257. The van der Waals surface area contributed by atoms with Gasteiger partial charge in [-0.05, 0) is 47.5 Å². The molecule has 0 atom stereocenters. The Morgan fingerprint density at radius 2 is 1.71 bits per heavy atom. The summed E-state index contributed by atoms with van der Waals surface area (Å²) >= 11 is 0. The van der Waals surface area contributed by atoms with Gasteiger partial charge in [0.25, 0.3) is 17.5 Å². The van der Waals surface area contributed by atoms with E-state index < -0.39 is 22.8 Å². The summed E-state index contributed by atoms with van der Waals surface area (Å²) in [4.78, 5) is 48.6. The maximum atomic E-state index is 13.0. The van der Waals surface area contributed by atoms with Crippen molar-refractivity contribution in [3.8, 4) is 5.75 Å². The lowest BCUT2D eigenvalue weighted by atomic mass is 10.1. The second-order valence-electron chi connectivity index (χ2n) is 7.22. The molecule has 10 heteroatoms. The Balaban J connectivity index is 1.53. The number of non-ortho nitro benzene ring substituents is 1. The average molecular weight is 461 g/mol. The van der Waals surface area contributed by atoms with Gasteiger partial charge in [-0.2, -0.15) is 0 Å². The number of nitro benzene ring substituents is 1. The number of halogens is 1. The summed E-state index contributed by atoms with van der Waals surface area (Å²) < 4.78 is 18.6. The van der Waals surface area contributed by atoms with Crippen molar-refractivity contribution in [2.75, 3.05) is 4.90 Å². The molecule has 1 heterocycles. The molecule has 1 fully saturated rings. The number of hydrogen-bond donors (Lipinski definition) is 1. The van der Waals surface area contributed by atoms with Crippen molar-refractivity contribution in [1.82, 2.24) is 5.32 Å². The Kier molecular flexibility index (Phi) is 6.13. The lowest BCUT2D eigenvalue weighted by Gasteiger charge is -2.26. The molecule has 4 rings (SSSR count). The van der Waals surface area contributed by atoms with Crippen molar-refractivity contribution in [2.24, 2.45) is 0 Å². The predicted octanol–water partition coefficient (Wildman–Crippen LogP) is 3.98. The topological polar surface area (TPSA) is 119 Å². The highest BCUT2D eigenvalue weighted by Crippen LogP contribution is 2.26. The van der Waals surface area contributed by atoms with E-state index in [1.165, 1.54) is 36.4 Å². The molecule has 0 radical (unpaired) electrons. The number of rotatable bonds is 6. The third-order valence-corrected chi connectivity index (χ3v) is 4.91. The van der Waals surface area contributed by atoms with E-state index in [0.717, 1.165) is 11.6 Å². The van der Waals surface area contributed by atoms with Gasteiger partial charge in [0.2, 0.25) is 0 Å². The molecule has 34 heavy (non-hydrogen) atoms. The van der Waals surface area contributed by atoms with Crippen LogP contribution in [-0.2, 0) is 16.2 Å². The highest BCUT2D eigenvalue weighted by Gasteiger charge is 2.37. The van der Waals surface area contributed by atoms with Crippen molar-refractivity contribution < 1.29 is 28.4 Å². The molecular formula is C24H16FN3O6. The van der Waals surface area contributed by atoms with Crippen LogP contribution in [0, 0.1) is 15.9 Å². The third-order valence-electron chi connectivity index (χ3n) is 4.91. The summed E-state index contributed by atoms with van der Waals surface area (Å²) in [5.41, 5.74) is 0.603. The van der Waals surface area contributed by atoms with Gasteiger partial charge in [0.1, 0.15) is 23.7 Å². The first-order chi connectivity index (χ1) is 16.3. The highest BCUT2D eigenvalue weighted by atomic mass is 19.1. The molecule has 1 aliphatic heterocycles. The van der Waals surface area contributed by atoms with Gasteiger partial charge in [0.15, 0.2) is 0 Å². The molecule has 0 aromatic heterocycles. The first kappa shape index (κ1) is 22.3. The lowest BCUT2D eigenvalue weighted by molar-refractivity contribution is -0.384. The van der Waals surface area contributed by atoms with Crippen LogP contribution < -0.4 is 15.0 Å². The molecule has 0 unspecified atom stereocenters. The van der Waals surface area contributed by atoms with Crippen LogP contribution in [0.2, 0.25) is 0 Å². The number of carbonyl (C=O) groups is 3. The normalized spacial score (nSPS) is 14.8. The summed E-state index contributed by atoms with van der Waals surface area (Å²) in [6.07, 6.45) is 1.30. The monoisotopic (exact) mass is 461 g/mol. The first-order valence-corrected chi connectivity index (χ1v) is 9.95. The second-order valence-corrected chi connectivity index (χ2v) is 7.22. The number of nitro groups is 1. The van der Waals surface area contributed by atoms with E-state index in [-0.39, 0.29) is 29.4 Å². The van der Waals surface area contributed by atoms with Gasteiger partial charge in [0.05, 0.1) is 10.6 Å². The molecule has 1 saturated heterocycles. The van der Waals surface area contributed by atoms with Crippen LogP contribution in [0.25, 0.3) is 6.08 Å². The zero-order valence-electron chi connectivity index (χ0n) is 17.4. The molecule has 170 valence electrons. The minimum Gasteiger partial charge on any atom is -0.489 e. The number of nitrogens with zero attached hydrogens (tertiary/aromatic N) is 2. The molecular weight excluding hydrogens is 445 g/mol. The molecule has 0 bridgehead atoms. The second kappa shape index (κ2) is 9.33. The fourth-order valence-electron chi connectivity index (χ4n) is 3.21. The number of ether oxygens (including phenoxy) is 1. The Labute approximate surface area is 192 Å². The Bertz CT molecular complexity index is 1320. The number of nitrogens with one attached hydrogen (secondary N) is 1. The molecule has 4 amide bonds. The molecule has 0 aliphatic carbocycles. The van der Waals surface area contributed by atoms with Gasteiger partial charge in [-0.15, -0.1) is 0 Å². The van der Waals surface area contributed by atoms with Gasteiger partial charge in [0, 0.05) is 12.1 Å². The van der Waals surface area contributed by atoms with Gasteiger partial charge in [-0.3, -0.25) is 25.0 Å². The summed E-state index contributed by atoms with van der Waals surface area (Å²) in [5.74, 6) is -1.62. The minimum atomic E-state index is -1.00. The SMILES string of the molecule is O=C1NC(=O)N(c2cccc([N+](=O)[O-])c2)C(=O)/C1=C/c1ccc(OCc2ccc(F)cc2)cc1. The smallest absolute Gasteiger partial charge is 0.335 e. The number of amides is 4. The molecule has 3 aromatic rings. The van der Waals surface area contributed by atoms with E-state index in [2.05, 4.69) is 5.32 Å². The van der Waals surface area contributed by atoms with Gasteiger partial charge in [-0.25, -0.2) is 14.1 Å². The van der Waals surface area contributed by atoms with Crippen LogP contribution in [0.1, 0.15) is 11.1 Å². The number of hydrogen-bond acceptors (Lipinski definition) is 6. The van der Waals surface area contributed by atoms with Crippen LogP contribution >= 0.6 is 0 Å². The molecule has 1 N–H and O–H groups in total. The number of carbonyl (C=O) groups excluding carboxylic acids is 3. The molecule has 3 aromatic carbocycles. The van der Waals surface area contributed by atoms with Crippen LogP contribution in [-0.4, -0.2) is 22.8 Å². The third kappa shape index (κ3) is 4.80. The number of urea groups is 1. The lowest BCUT2D eigenvalue weighted by Crippen LogP contribution is -2.54. The molecule has 0 saturated carbocycles. The van der Waals surface area contributed by atoms with Crippen LogP contribution in [0.3, 0.4) is 0 Å². The van der Waals surface area contributed by atoms with Gasteiger partial charge >= 0.3 is 6.03 Å². The number of anilines is 1.